The summed E-state index contributed by atoms with van der Waals surface area (Å²) in [5, 5.41) is 0. The van der Waals surface area contributed by atoms with Crippen LogP contribution in [0.4, 0.5) is 5.69 Å². The van der Waals surface area contributed by atoms with Crippen molar-refractivity contribution >= 4 is 47.6 Å². The Labute approximate surface area is 135 Å². The Morgan fingerprint density at radius 2 is 1.40 bits per heavy atom. The van der Waals surface area contributed by atoms with Crippen molar-refractivity contribution in [2.75, 3.05) is 4.72 Å². The van der Waals surface area contributed by atoms with E-state index in [2.05, 4.69) is 36.6 Å². The summed E-state index contributed by atoms with van der Waals surface area (Å²) in [5.74, 6) is 0. The average Bonchev–Trinajstić information content (AvgIpc) is 2.34. The summed E-state index contributed by atoms with van der Waals surface area (Å²) in [7, 11) is -3.60. The zero-order chi connectivity index (χ0) is 14.9. The minimum atomic E-state index is -3.60. The molecule has 20 heavy (non-hydrogen) atoms. The summed E-state index contributed by atoms with van der Waals surface area (Å²) < 4.78 is 28.7. The van der Waals surface area contributed by atoms with E-state index in [1.54, 1.807) is 24.3 Å². The fraction of sp³-hybridized carbons (Fsp3) is 0.143. The molecule has 0 unspecified atom stereocenters. The second-order valence-electron chi connectivity index (χ2n) is 4.52. The lowest BCUT2D eigenvalue weighted by Crippen LogP contribution is -2.13. The molecule has 6 heteroatoms. The number of hydrogen-bond acceptors (Lipinski definition) is 2. The lowest BCUT2D eigenvalue weighted by Gasteiger charge is -2.12. The van der Waals surface area contributed by atoms with Crippen molar-refractivity contribution in [3.8, 4) is 0 Å². The highest BCUT2D eigenvalue weighted by atomic mass is 79.9. The Hall–Kier alpha value is -0.850. The molecular formula is C14H13Br2NO2S. The van der Waals surface area contributed by atoms with Crippen molar-refractivity contribution in [1.82, 2.24) is 0 Å². The van der Waals surface area contributed by atoms with Gasteiger partial charge in [-0.3, -0.25) is 4.72 Å². The van der Waals surface area contributed by atoms with Crippen molar-refractivity contribution in [2.24, 2.45) is 0 Å². The van der Waals surface area contributed by atoms with E-state index < -0.39 is 10.0 Å². The molecule has 0 atom stereocenters. The first-order valence-electron chi connectivity index (χ1n) is 5.85. The Bertz CT molecular complexity index is 717. The number of rotatable bonds is 3. The van der Waals surface area contributed by atoms with Gasteiger partial charge in [-0.1, -0.05) is 17.7 Å². The van der Waals surface area contributed by atoms with Gasteiger partial charge in [0.05, 0.1) is 10.6 Å². The number of benzene rings is 2. The van der Waals surface area contributed by atoms with E-state index in [-0.39, 0.29) is 4.90 Å². The van der Waals surface area contributed by atoms with Crippen LogP contribution in [0.15, 0.2) is 50.2 Å². The Morgan fingerprint density at radius 3 is 1.90 bits per heavy atom. The fourth-order valence-electron chi connectivity index (χ4n) is 1.71. The van der Waals surface area contributed by atoms with Crippen LogP contribution in [-0.4, -0.2) is 8.42 Å². The predicted octanol–water partition coefficient (Wildman–Crippen LogP) is 4.63. The van der Waals surface area contributed by atoms with Gasteiger partial charge >= 0.3 is 0 Å². The molecule has 0 spiro atoms. The lowest BCUT2D eigenvalue weighted by atomic mass is 10.2. The molecule has 106 valence electrons. The van der Waals surface area contributed by atoms with E-state index in [1.165, 1.54) is 0 Å². The molecule has 0 aromatic heterocycles. The third-order valence-corrected chi connectivity index (χ3v) is 5.37. The molecule has 0 heterocycles. The SMILES string of the molecule is Cc1ccc(S(=O)(=O)Nc2c(Br)cc(C)cc2Br)cc1. The predicted molar refractivity (Wildman–Crippen MR) is 88.6 cm³/mol. The smallest absolute Gasteiger partial charge is 0.261 e. The van der Waals surface area contributed by atoms with Crippen LogP contribution < -0.4 is 4.72 Å². The van der Waals surface area contributed by atoms with E-state index in [0.29, 0.717) is 14.6 Å². The van der Waals surface area contributed by atoms with Gasteiger partial charge in [0.25, 0.3) is 10.0 Å². The summed E-state index contributed by atoms with van der Waals surface area (Å²) in [6.07, 6.45) is 0. The molecule has 0 bridgehead atoms. The van der Waals surface area contributed by atoms with Gasteiger partial charge in [0.15, 0.2) is 0 Å². The molecule has 2 aromatic carbocycles. The quantitative estimate of drug-likeness (QED) is 0.789. The second-order valence-corrected chi connectivity index (χ2v) is 7.91. The Morgan fingerprint density at radius 1 is 0.900 bits per heavy atom. The maximum absolute atomic E-state index is 12.3. The second kappa shape index (κ2) is 5.87. The highest BCUT2D eigenvalue weighted by Gasteiger charge is 2.17. The molecule has 0 saturated carbocycles. The third kappa shape index (κ3) is 3.42. The summed E-state index contributed by atoms with van der Waals surface area (Å²) in [5.41, 5.74) is 2.54. The maximum Gasteiger partial charge on any atom is 0.261 e. The van der Waals surface area contributed by atoms with Crippen molar-refractivity contribution in [2.45, 2.75) is 18.7 Å². The van der Waals surface area contributed by atoms with Crippen molar-refractivity contribution < 1.29 is 8.42 Å². The normalized spacial score (nSPS) is 11.4. The van der Waals surface area contributed by atoms with Crippen LogP contribution in [0.3, 0.4) is 0 Å². The van der Waals surface area contributed by atoms with Gasteiger partial charge in [0.1, 0.15) is 0 Å². The molecule has 2 rings (SSSR count). The molecule has 0 amide bonds. The van der Waals surface area contributed by atoms with Gasteiger partial charge in [-0.15, -0.1) is 0 Å². The van der Waals surface area contributed by atoms with E-state index in [9.17, 15) is 8.42 Å². The van der Waals surface area contributed by atoms with Crippen molar-refractivity contribution in [1.29, 1.82) is 0 Å². The minimum Gasteiger partial charge on any atom is -0.277 e. The van der Waals surface area contributed by atoms with Crippen LogP contribution in [0.25, 0.3) is 0 Å². The van der Waals surface area contributed by atoms with Gasteiger partial charge in [-0.25, -0.2) is 8.42 Å². The molecule has 0 aliphatic carbocycles. The first-order valence-corrected chi connectivity index (χ1v) is 8.91. The first kappa shape index (κ1) is 15.5. The first-order chi connectivity index (χ1) is 9.29. The van der Waals surface area contributed by atoms with Crippen LogP contribution in [0, 0.1) is 13.8 Å². The zero-order valence-electron chi connectivity index (χ0n) is 10.9. The van der Waals surface area contributed by atoms with Gasteiger partial charge in [0.2, 0.25) is 0 Å². The monoisotopic (exact) mass is 417 g/mol. The number of halogens is 2. The standard InChI is InChI=1S/C14H13Br2NO2S/c1-9-3-5-11(6-4-9)20(18,19)17-14-12(15)7-10(2)8-13(14)16/h3-8,17H,1-2H3. The molecule has 0 saturated heterocycles. The largest absolute Gasteiger partial charge is 0.277 e. The van der Waals surface area contributed by atoms with Crippen LogP contribution in [0.1, 0.15) is 11.1 Å². The van der Waals surface area contributed by atoms with Crippen molar-refractivity contribution in [3.63, 3.8) is 0 Å². The van der Waals surface area contributed by atoms with Gasteiger partial charge in [-0.05, 0) is 75.5 Å². The number of anilines is 1. The molecule has 0 radical (unpaired) electrons. The fourth-order valence-corrected chi connectivity index (χ4v) is 4.69. The van der Waals surface area contributed by atoms with Crippen LogP contribution in [0.5, 0.6) is 0 Å². The topological polar surface area (TPSA) is 46.2 Å². The number of nitrogens with one attached hydrogen (secondary N) is 1. The van der Waals surface area contributed by atoms with Crippen LogP contribution in [-0.2, 0) is 10.0 Å². The highest BCUT2D eigenvalue weighted by molar-refractivity contribution is 9.11. The summed E-state index contributed by atoms with van der Waals surface area (Å²) >= 11 is 6.76. The third-order valence-electron chi connectivity index (χ3n) is 2.75. The van der Waals surface area contributed by atoms with E-state index in [1.807, 2.05) is 26.0 Å². The van der Waals surface area contributed by atoms with Crippen molar-refractivity contribution in [3.05, 3.63) is 56.5 Å². The van der Waals surface area contributed by atoms with Gasteiger partial charge in [0, 0.05) is 8.95 Å². The molecule has 0 fully saturated rings. The number of aryl methyl sites for hydroxylation is 2. The molecule has 2 aromatic rings. The summed E-state index contributed by atoms with van der Waals surface area (Å²) in [6, 6.07) is 10.4. The van der Waals surface area contributed by atoms with Gasteiger partial charge < -0.3 is 0 Å². The molecule has 0 aliphatic rings. The van der Waals surface area contributed by atoms with Gasteiger partial charge in [-0.2, -0.15) is 0 Å². The number of hydrogen-bond donors (Lipinski definition) is 1. The van der Waals surface area contributed by atoms with E-state index >= 15 is 0 Å². The zero-order valence-corrected chi connectivity index (χ0v) is 14.9. The highest BCUT2D eigenvalue weighted by Crippen LogP contribution is 2.33. The average molecular weight is 419 g/mol. The molecule has 0 aliphatic heterocycles. The van der Waals surface area contributed by atoms with Crippen LogP contribution in [0.2, 0.25) is 0 Å². The molecule has 1 N–H and O–H groups in total. The minimum absolute atomic E-state index is 0.238. The van der Waals surface area contributed by atoms with E-state index in [0.717, 1.165) is 11.1 Å². The molecule has 3 nitrogen and oxygen atoms in total. The Balaban J connectivity index is 2.41. The van der Waals surface area contributed by atoms with Crippen LogP contribution >= 0.6 is 31.9 Å². The summed E-state index contributed by atoms with van der Waals surface area (Å²) in [6.45, 7) is 3.85. The molecular weight excluding hydrogens is 406 g/mol. The maximum atomic E-state index is 12.3. The summed E-state index contributed by atoms with van der Waals surface area (Å²) in [4.78, 5) is 0.238. The van der Waals surface area contributed by atoms with E-state index in [4.69, 9.17) is 0 Å². The Kier molecular flexibility index (Phi) is 4.56. The number of sulfonamides is 1. The lowest BCUT2D eigenvalue weighted by molar-refractivity contribution is 0.601.